The molecule has 0 unspecified atom stereocenters. The van der Waals surface area contributed by atoms with Crippen LogP contribution in [0, 0.1) is 12.8 Å². The predicted molar refractivity (Wildman–Crippen MR) is 101 cm³/mol. The van der Waals surface area contributed by atoms with E-state index in [2.05, 4.69) is 32.8 Å². The van der Waals surface area contributed by atoms with Gasteiger partial charge in [-0.25, -0.2) is 4.98 Å². The Morgan fingerprint density at radius 1 is 1.35 bits per heavy atom. The van der Waals surface area contributed by atoms with Crippen molar-refractivity contribution >= 4 is 42.1 Å². The molecule has 0 aliphatic carbocycles. The Morgan fingerprint density at radius 3 is 2.61 bits per heavy atom. The van der Waals surface area contributed by atoms with Crippen LogP contribution >= 0.6 is 36.2 Å². The first-order valence-electron chi connectivity index (χ1n) is 7.81. The summed E-state index contributed by atoms with van der Waals surface area (Å²) in [4.78, 5) is 19.0. The van der Waals surface area contributed by atoms with Crippen molar-refractivity contribution < 1.29 is 4.79 Å². The molecule has 0 radical (unpaired) electrons. The maximum Gasteiger partial charge on any atom is 0.223 e. The Morgan fingerprint density at radius 2 is 2.04 bits per heavy atom. The van der Waals surface area contributed by atoms with E-state index < -0.39 is 0 Å². The number of likely N-dealkylation sites (N-methyl/N-ethyl adjacent to an activating group) is 1. The molecule has 1 aliphatic rings. The standard InChI is InChI=1S/C15H26N4OS.2ClH/c1-3-16-6-7-17-15(20)13-4-8-19(9-5-13)10-14-11-21-12(2)18-14;;/h11,13,16H,3-10H2,1-2H3,(H,17,20);2*1H. The van der Waals surface area contributed by atoms with E-state index in [9.17, 15) is 4.79 Å². The van der Waals surface area contributed by atoms with Crippen LogP contribution in [0.15, 0.2) is 5.38 Å². The molecule has 0 bridgehead atoms. The monoisotopic (exact) mass is 382 g/mol. The molecule has 1 fully saturated rings. The molecule has 8 heteroatoms. The first kappa shape index (κ1) is 22.6. The summed E-state index contributed by atoms with van der Waals surface area (Å²) in [5.74, 6) is 0.400. The number of rotatable bonds is 7. The molecule has 23 heavy (non-hydrogen) atoms. The molecule has 1 aliphatic heterocycles. The van der Waals surface area contributed by atoms with Crippen molar-refractivity contribution in [2.45, 2.75) is 33.2 Å². The number of aromatic nitrogens is 1. The minimum absolute atomic E-state index is 0. The molecule has 2 heterocycles. The molecule has 1 saturated heterocycles. The van der Waals surface area contributed by atoms with Crippen LogP contribution in [0.1, 0.15) is 30.5 Å². The first-order valence-corrected chi connectivity index (χ1v) is 8.68. The zero-order valence-electron chi connectivity index (χ0n) is 13.8. The number of aryl methyl sites for hydroxylation is 1. The molecule has 5 nitrogen and oxygen atoms in total. The SMILES string of the molecule is CCNCCNC(=O)C1CCN(Cc2csc(C)n2)CC1.Cl.Cl. The van der Waals surface area contributed by atoms with Gasteiger partial charge in [-0.1, -0.05) is 6.92 Å². The van der Waals surface area contributed by atoms with Gasteiger partial charge in [0, 0.05) is 30.9 Å². The number of piperidine rings is 1. The fourth-order valence-corrected chi connectivity index (χ4v) is 3.26. The minimum atomic E-state index is 0. The molecule has 1 amide bonds. The van der Waals surface area contributed by atoms with E-state index in [0.717, 1.165) is 62.8 Å². The van der Waals surface area contributed by atoms with Crippen molar-refractivity contribution in [2.75, 3.05) is 32.7 Å². The van der Waals surface area contributed by atoms with Crippen molar-refractivity contribution in [1.29, 1.82) is 0 Å². The predicted octanol–water partition coefficient (Wildman–Crippen LogP) is 2.23. The molecule has 2 N–H and O–H groups in total. The quantitative estimate of drug-likeness (QED) is 0.709. The normalized spacial score (nSPS) is 15.6. The molecule has 0 aromatic carbocycles. The zero-order valence-corrected chi connectivity index (χ0v) is 16.3. The molecule has 0 atom stereocenters. The fraction of sp³-hybridized carbons (Fsp3) is 0.733. The number of hydrogen-bond donors (Lipinski definition) is 2. The second-order valence-electron chi connectivity index (χ2n) is 5.55. The highest BCUT2D eigenvalue weighted by molar-refractivity contribution is 7.09. The third-order valence-corrected chi connectivity index (χ3v) is 4.68. The highest BCUT2D eigenvalue weighted by Gasteiger charge is 2.24. The van der Waals surface area contributed by atoms with Crippen molar-refractivity contribution in [3.63, 3.8) is 0 Å². The smallest absolute Gasteiger partial charge is 0.223 e. The summed E-state index contributed by atoms with van der Waals surface area (Å²) in [6.07, 6.45) is 1.91. The average molecular weight is 383 g/mol. The van der Waals surface area contributed by atoms with Gasteiger partial charge in [-0.2, -0.15) is 0 Å². The number of halogens is 2. The van der Waals surface area contributed by atoms with Crippen molar-refractivity contribution in [2.24, 2.45) is 5.92 Å². The van der Waals surface area contributed by atoms with Crippen LogP contribution in [0.3, 0.4) is 0 Å². The number of nitrogens with zero attached hydrogens (tertiary/aromatic N) is 2. The van der Waals surface area contributed by atoms with Crippen molar-refractivity contribution in [3.05, 3.63) is 16.1 Å². The summed E-state index contributed by atoms with van der Waals surface area (Å²) in [5, 5.41) is 9.50. The van der Waals surface area contributed by atoms with Gasteiger partial charge in [0.1, 0.15) is 0 Å². The second-order valence-corrected chi connectivity index (χ2v) is 6.62. The molecular formula is C15H28Cl2N4OS. The van der Waals surface area contributed by atoms with E-state index >= 15 is 0 Å². The maximum atomic E-state index is 12.1. The summed E-state index contributed by atoms with van der Waals surface area (Å²) < 4.78 is 0. The summed E-state index contributed by atoms with van der Waals surface area (Å²) in [6, 6.07) is 0. The summed E-state index contributed by atoms with van der Waals surface area (Å²) in [5.41, 5.74) is 1.16. The van der Waals surface area contributed by atoms with E-state index in [1.807, 2.05) is 6.92 Å². The third kappa shape index (κ3) is 7.81. The maximum absolute atomic E-state index is 12.1. The van der Waals surface area contributed by atoms with E-state index in [4.69, 9.17) is 0 Å². The molecule has 2 rings (SSSR count). The highest BCUT2D eigenvalue weighted by atomic mass is 35.5. The second kappa shape index (κ2) is 12.0. The van der Waals surface area contributed by atoms with Crippen LogP contribution in [0.25, 0.3) is 0 Å². The summed E-state index contributed by atoms with van der Waals surface area (Å²) >= 11 is 1.70. The minimum Gasteiger partial charge on any atom is -0.355 e. The summed E-state index contributed by atoms with van der Waals surface area (Å²) in [7, 11) is 0. The molecular weight excluding hydrogens is 355 g/mol. The number of carbonyl (C=O) groups excluding carboxylic acids is 1. The Bertz CT molecular complexity index is 450. The van der Waals surface area contributed by atoms with Crippen molar-refractivity contribution in [1.82, 2.24) is 20.5 Å². The van der Waals surface area contributed by atoms with E-state index in [1.165, 1.54) is 0 Å². The van der Waals surface area contributed by atoms with Crippen molar-refractivity contribution in [3.8, 4) is 0 Å². The summed E-state index contributed by atoms with van der Waals surface area (Å²) in [6.45, 7) is 9.53. The van der Waals surface area contributed by atoms with Crippen LogP contribution in [0.5, 0.6) is 0 Å². The molecule has 0 spiro atoms. The van der Waals surface area contributed by atoms with Gasteiger partial charge < -0.3 is 10.6 Å². The van der Waals surface area contributed by atoms with Crippen LogP contribution in [-0.4, -0.2) is 48.5 Å². The van der Waals surface area contributed by atoms with Crippen LogP contribution in [-0.2, 0) is 11.3 Å². The number of thiazole rings is 1. The Hall–Kier alpha value is -0.400. The van der Waals surface area contributed by atoms with Gasteiger partial charge in [-0.05, 0) is 39.4 Å². The Balaban J connectivity index is 0.00000242. The molecule has 1 aromatic heterocycles. The van der Waals surface area contributed by atoms with Gasteiger partial charge in [-0.15, -0.1) is 36.2 Å². The Labute approximate surface area is 155 Å². The van der Waals surface area contributed by atoms with Crippen LogP contribution < -0.4 is 10.6 Å². The zero-order chi connectivity index (χ0) is 15.1. The average Bonchev–Trinajstić information content (AvgIpc) is 2.89. The molecule has 1 aromatic rings. The lowest BCUT2D eigenvalue weighted by Crippen LogP contribution is -2.41. The van der Waals surface area contributed by atoms with E-state index in [-0.39, 0.29) is 36.6 Å². The van der Waals surface area contributed by atoms with E-state index in [0.29, 0.717) is 0 Å². The topological polar surface area (TPSA) is 57.3 Å². The van der Waals surface area contributed by atoms with E-state index in [1.54, 1.807) is 11.3 Å². The number of hydrogen-bond acceptors (Lipinski definition) is 5. The van der Waals surface area contributed by atoms with Gasteiger partial charge in [0.2, 0.25) is 5.91 Å². The Kier molecular flexibility index (Phi) is 11.8. The lowest BCUT2D eigenvalue weighted by atomic mass is 9.96. The van der Waals surface area contributed by atoms with Gasteiger partial charge in [0.25, 0.3) is 0 Å². The van der Waals surface area contributed by atoms with Gasteiger partial charge in [-0.3, -0.25) is 9.69 Å². The first-order chi connectivity index (χ1) is 10.2. The van der Waals surface area contributed by atoms with Crippen LogP contribution in [0.4, 0.5) is 0 Å². The van der Waals surface area contributed by atoms with Gasteiger partial charge in [0.15, 0.2) is 0 Å². The molecule has 134 valence electrons. The number of amides is 1. The highest BCUT2D eigenvalue weighted by Crippen LogP contribution is 2.19. The molecule has 0 saturated carbocycles. The third-order valence-electron chi connectivity index (χ3n) is 3.86. The largest absolute Gasteiger partial charge is 0.355 e. The number of nitrogens with one attached hydrogen (secondary N) is 2. The fourth-order valence-electron chi connectivity index (χ4n) is 2.66. The van der Waals surface area contributed by atoms with Gasteiger partial charge >= 0.3 is 0 Å². The lowest BCUT2D eigenvalue weighted by Gasteiger charge is -2.30. The number of carbonyl (C=O) groups is 1. The van der Waals surface area contributed by atoms with Crippen LogP contribution in [0.2, 0.25) is 0 Å². The number of likely N-dealkylation sites (tertiary alicyclic amines) is 1. The lowest BCUT2D eigenvalue weighted by molar-refractivity contribution is -0.126. The van der Waals surface area contributed by atoms with Gasteiger partial charge in [0.05, 0.1) is 10.7 Å².